The number of hydrogen-bond acceptors (Lipinski definition) is 1. The first-order chi connectivity index (χ1) is 16.4. The van der Waals surface area contributed by atoms with E-state index in [9.17, 15) is 0 Å². The molecule has 0 saturated carbocycles. The Morgan fingerprint density at radius 1 is 0.394 bits per heavy atom. The van der Waals surface area contributed by atoms with E-state index in [0.717, 1.165) is 16.9 Å². The third kappa shape index (κ3) is 4.18. The van der Waals surface area contributed by atoms with Crippen molar-refractivity contribution < 1.29 is 4.74 Å². The molecule has 160 valence electrons. The van der Waals surface area contributed by atoms with Crippen molar-refractivity contribution in [3.8, 4) is 5.75 Å². The van der Waals surface area contributed by atoms with Crippen molar-refractivity contribution in [3.05, 3.63) is 174 Å². The van der Waals surface area contributed by atoms with E-state index in [1.54, 1.807) is 0 Å². The number of benzene rings is 5. The molecule has 0 unspecified atom stereocenters. The van der Waals surface area contributed by atoms with Gasteiger partial charge in [0.15, 0.2) is 5.60 Å². The molecule has 0 atom stereocenters. The fourth-order valence-electron chi connectivity index (χ4n) is 4.68. The maximum atomic E-state index is 7.15. The van der Waals surface area contributed by atoms with E-state index in [4.69, 9.17) is 4.74 Å². The van der Waals surface area contributed by atoms with Crippen LogP contribution in [0.2, 0.25) is 0 Å². The number of para-hydroxylation sites is 1. The predicted octanol–water partition coefficient (Wildman–Crippen LogP) is 7.84. The zero-order chi connectivity index (χ0) is 22.3. The number of rotatable bonds is 7. The van der Waals surface area contributed by atoms with Gasteiger partial charge in [-0.2, -0.15) is 0 Å². The highest BCUT2D eigenvalue weighted by Gasteiger charge is 2.46. The maximum Gasteiger partial charge on any atom is 0.170 e. The summed E-state index contributed by atoms with van der Waals surface area (Å²) in [4.78, 5) is 0. The monoisotopic (exact) mass is 426 g/mol. The average Bonchev–Trinajstić information content (AvgIpc) is 2.91. The fourth-order valence-corrected chi connectivity index (χ4v) is 4.68. The van der Waals surface area contributed by atoms with Crippen LogP contribution in [0.25, 0.3) is 0 Å². The summed E-state index contributed by atoms with van der Waals surface area (Å²) in [5.74, 6) is 0.756. The van der Waals surface area contributed by atoms with Crippen LogP contribution in [0.15, 0.2) is 152 Å². The third-order valence-corrected chi connectivity index (χ3v) is 6.10. The second-order valence-electron chi connectivity index (χ2n) is 8.14. The highest BCUT2D eigenvalue weighted by Crippen LogP contribution is 2.49. The SMILES string of the molecule is c1ccc(OC(c2ccccc2)(c2ccccc2)C(c2ccccc2)c2ccccc2)cc1. The van der Waals surface area contributed by atoms with E-state index in [2.05, 4.69) is 121 Å². The summed E-state index contributed by atoms with van der Waals surface area (Å²) >= 11 is 0. The van der Waals surface area contributed by atoms with Gasteiger partial charge in [-0.05, 0) is 23.3 Å². The standard InChI is InChI=1S/C32H26O/c1-6-16-26(17-7-1)31(27-18-8-2-9-19-27)32(28-20-10-3-11-21-28,29-22-12-4-13-23-29)33-30-24-14-5-15-25-30/h1-25,31H. The van der Waals surface area contributed by atoms with Crippen molar-refractivity contribution >= 4 is 0 Å². The molecule has 0 saturated heterocycles. The Kier molecular flexibility index (Phi) is 6.04. The van der Waals surface area contributed by atoms with Crippen LogP contribution in [0.3, 0.4) is 0 Å². The summed E-state index contributed by atoms with van der Waals surface area (Å²) in [5.41, 5.74) is 3.84. The number of hydrogen-bond donors (Lipinski definition) is 0. The lowest BCUT2D eigenvalue weighted by Crippen LogP contribution is -2.41. The zero-order valence-electron chi connectivity index (χ0n) is 18.4. The molecule has 0 N–H and O–H groups in total. The molecule has 0 aliphatic carbocycles. The Labute approximate surface area is 196 Å². The second-order valence-corrected chi connectivity index (χ2v) is 8.14. The van der Waals surface area contributed by atoms with Crippen LogP contribution >= 0.6 is 0 Å². The largest absolute Gasteiger partial charge is 0.477 e. The first kappa shape index (κ1) is 20.8. The van der Waals surface area contributed by atoms with Crippen LogP contribution in [-0.2, 0) is 5.60 Å². The Hall–Kier alpha value is -4.10. The van der Waals surface area contributed by atoms with Crippen LogP contribution in [0, 0.1) is 0 Å². The van der Waals surface area contributed by atoms with E-state index < -0.39 is 5.60 Å². The molecule has 1 heteroatoms. The molecule has 33 heavy (non-hydrogen) atoms. The quantitative estimate of drug-likeness (QED) is 0.257. The van der Waals surface area contributed by atoms with Gasteiger partial charge in [0.1, 0.15) is 5.75 Å². The summed E-state index contributed by atoms with van der Waals surface area (Å²) in [6, 6.07) is 52.7. The van der Waals surface area contributed by atoms with Crippen molar-refractivity contribution in [3.63, 3.8) is 0 Å². The second kappa shape index (κ2) is 9.58. The van der Waals surface area contributed by atoms with E-state index in [1.807, 2.05) is 30.3 Å². The van der Waals surface area contributed by atoms with E-state index >= 15 is 0 Å². The average molecular weight is 427 g/mol. The highest BCUT2D eigenvalue weighted by atomic mass is 16.5. The number of ether oxygens (including phenoxy) is 1. The fraction of sp³-hybridized carbons (Fsp3) is 0.0625. The van der Waals surface area contributed by atoms with Gasteiger partial charge in [0.05, 0.1) is 5.92 Å². The van der Waals surface area contributed by atoms with Crippen LogP contribution in [-0.4, -0.2) is 0 Å². The molecule has 1 nitrogen and oxygen atoms in total. The Morgan fingerprint density at radius 2 is 0.727 bits per heavy atom. The minimum atomic E-state index is -0.785. The molecule has 5 aromatic carbocycles. The first-order valence-electron chi connectivity index (χ1n) is 11.3. The van der Waals surface area contributed by atoms with Crippen LogP contribution in [0.4, 0.5) is 0 Å². The van der Waals surface area contributed by atoms with Crippen LogP contribution in [0.1, 0.15) is 28.2 Å². The molecule has 0 aliphatic heterocycles. The third-order valence-electron chi connectivity index (χ3n) is 6.10. The van der Waals surface area contributed by atoms with Gasteiger partial charge in [-0.15, -0.1) is 0 Å². The van der Waals surface area contributed by atoms with E-state index in [0.29, 0.717) is 0 Å². The van der Waals surface area contributed by atoms with Crippen LogP contribution < -0.4 is 4.74 Å². The molecular formula is C32H26O. The maximum absolute atomic E-state index is 7.15. The minimum absolute atomic E-state index is 0.0788. The van der Waals surface area contributed by atoms with E-state index in [1.165, 1.54) is 11.1 Å². The molecule has 5 rings (SSSR count). The summed E-state index contributed by atoms with van der Waals surface area (Å²) in [7, 11) is 0. The molecule has 0 spiro atoms. The Morgan fingerprint density at radius 3 is 1.12 bits per heavy atom. The van der Waals surface area contributed by atoms with Gasteiger partial charge in [-0.3, -0.25) is 0 Å². The topological polar surface area (TPSA) is 9.23 Å². The van der Waals surface area contributed by atoms with Crippen molar-refractivity contribution in [1.82, 2.24) is 0 Å². The lowest BCUT2D eigenvalue weighted by Gasteiger charge is -2.42. The van der Waals surface area contributed by atoms with Gasteiger partial charge in [0.2, 0.25) is 0 Å². The van der Waals surface area contributed by atoms with Crippen LogP contribution in [0.5, 0.6) is 5.75 Å². The normalized spacial score (nSPS) is 11.3. The highest BCUT2D eigenvalue weighted by molar-refractivity contribution is 5.49. The van der Waals surface area contributed by atoms with Gasteiger partial charge < -0.3 is 4.74 Å². The summed E-state index contributed by atoms with van der Waals surface area (Å²) < 4.78 is 7.15. The molecule has 0 fully saturated rings. The minimum Gasteiger partial charge on any atom is -0.477 e. The van der Waals surface area contributed by atoms with Gasteiger partial charge in [-0.1, -0.05) is 140 Å². The summed E-state index contributed by atoms with van der Waals surface area (Å²) in [6.45, 7) is 0. The molecule has 0 aromatic heterocycles. The lowest BCUT2D eigenvalue weighted by atomic mass is 9.69. The molecule has 0 aliphatic rings. The summed E-state index contributed by atoms with van der Waals surface area (Å²) in [5, 5.41) is 0. The molecule has 0 heterocycles. The zero-order valence-corrected chi connectivity index (χ0v) is 18.4. The Balaban J connectivity index is 1.86. The summed E-state index contributed by atoms with van der Waals surface area (Å²) in [6.07, 6.45) is 0. The van der Waals surface area contributed by atoms with Gasteiger partial charge >= 0.3 is 0 Å². The molecular weight excluding hydrogens is 400 g/mol. The Bertz CT molecular complexity index is 1170. The van der Waals surface area contributed by atoms with E-state index in [-0.39, 0.29) is 5.92 Å². The van der Waals surface area contributed by atoms with Crippen molar-refractivity contribution in [2.45, 2.75) is 11.5 Å². The van der Waals surface area contributed by atoms with Gasteiger partial charge in [0.25, 0.3) is 0 Å². The molecule has 0 radical (unpaired) electrons. The van der Waals surface area contributed by atoms with Crippen molar-refractivity contribution in [2.75, 3.05) is 0 Å². The molecule has 0 amide bonds. The molecule has 5 aromatic rings. The van der Waals surface area contributed by atoms with Crippen molar-refractivity contribution in [1.29, 1.82) is 0 Å². The molecule has 0 bridgehead atoms. The van der Waals surface area contributed by atoms with Crippen molar-refractivity contribution in [2.24, 2.45) is 0 Å². The predicted molar refractivity (Wildman–Crippen MR) is 135 cm³/mol. The van der Waals surface area contributed by atoms with Gasteiger partial charge in [0, 0.05) is 11.1 Å². The smallest absolute Gasteiger partial charge is 0.170 e. The van der Waals surface area contributed by atoms with Gasteiger partial charge in [-0.25, -0.2) is 0 Å². The lowest BCUT2D eigenvalue weighted by molar-refractivity contribution is 0.0915. The first-order valence-corrected chi connectivity index (χ1v) is 11.3.